The summed E-state index contributed by atoms with van der Waals surface area (Å²) in [6.45, 7) is 2.23. The predicted molar refractivity (Wildman–Crippen MR) is 64.1 cm³/mol. The molecule has 3 nitrogen and oxygen atoms in total. The van der Waals surface area contributed by atoms with E-state index in [0.717, 1.165) is 5.57 Å². The second-order valence-corrected chi connectivity index (χ2v) is 5.57. The molecule has 0 bridgehead atoms. The quantitative estimate of drug-likeness (QED) is 0.740. The molecule has 0 amide bonds. The highest BCUT2D eigenvalue weighted by Gasteiger charge is 2.13. The molecule has 0 aliphatic rings. The van der Waals surface area contributed by atoms with Crippen LogP contribution >= 0.6 is 0 Å². The zero-order chi connectivity index (χ0) is 12.0. The van der Waals surface area contributed by atoms with Crippen molar-refractivity contribution in [1.29, 1.82) is 0 Å². The van der Waals surface area contributed by atoms with Gasteiger partial charge in [-0.15, -0.1) is 0 Å². The number of hydrogen-bond acceptors (Lipinski definition) is 3. The maximum atomic E-state index is 11.9. The lowest BCUT2D eigenvalue weighted by atomic mass is 10.3. The zero-order valence-electron chi connectivity index (χ0n) is 9.51. The van der Waals surface area contributed by atoms with Crippen LogP contribution in [-0.2, 0) is 14.6 Å². The number of ether oxygens (including phenoxy) is 1. The Labute approximate surface area is 96.7 Å². The zero-order valence-corrected chi connectivity index (χ0v) is 10.3. The van der Waals surface area contributed by atoms with E-state index >= 15 is 0 Å². The number of sulfone groups is 1. The summed E-state index contributed by atoms with van der Waals surface area (Å²) in [6.07, 6.45) is 1.78. The maximum Gasteiger partial charge on any atom is 0.182 e. The van der Waals surface area contributed by atoms with E-state index in [4.69, 9.17) is 4.74 Å². The lowest BCUT2D eigenvalue weighted by Gasteiger charge is -2.04. The Hall–Kier alpha value is -1.13. The first-order valence-electron chi connectivity index (χ1n) is 4.98. The van der Waals surface area contributed by atoms with Crippen LogP contribution in [0.4, 0.5) is 0 Å². The third-order valence-corrected chi connectivity index (χ3v) is 3.94. The van der Waals surface area contributed by atoms with Crippen LogP contribution in [0.1, 0.15) is 6.92 Å². The van der Waals surface area contributed by atoms with Crippen molar-refractivity contribution in [2.45, 2.75) is 11.8 Å². The molecule has 0 radical (unpaired) electrons. The molecule has 1 aromatic carbocycles. The van der Waals surface area contributed by atoms with Crippen LogP contribution in [0, 0.1) is 0 Å². The van der Waals surface area contributed by atoms with Gasteiger partial charge in [-0.3, -0.25) is 0 Å². The maximum absolute atomic E-state index is 11.9. The van der Waals surface area contributed by atoms with Crippen molar-refractivity contribution in [1.82, 2.24) is 0 Å². The SMILES string of the molecule is COCC=C(C)CS(=O)(=O)c1ccccc1. The van der Waals surface area contributed by atoms with Crippen LogP contribution in [0.25, 0.3) is 0 Å². The van der Waals surface area contributed by atoms with Crippen molar-refractivity contribution in [3.8, 4) is 0 Å². The Bertz CT molecular complexity index is 446. The molecule has 0 aliphatic carbocycles. The fraction of sp³-hybridized carbons (Fsp3) is 0.333. The van der Waals surface area contributed by atoms with Gasteiger partial charge in [0.15, 0.2) is 9.84 Å². The van der Waals surface area contributed by atoms with E-state index in [1.807, 2.05) is 0 Å². The molecule has 16 heavy (non-hydrogen) atoms. The highest BCUT2D eigenvalue weighted by molar-refractivity contribution is 7.91. The Morgan fingerprint density at radius 2 is 1.94 bits per heavy atom. The van der Waals surface area contributed by atoms with Crippen LogP contribution < -0.4 is 0 Å². The summed E-state index contributed by atoms with van der Waals surface area (Å²) >= 11 is 0. The fourth-order valence-electron chi connectivity index (χ4n) is 1.30. The van der Waals surface area contributed by atoms with E-state index in [2.05, 4.69) is 0 Å². The molecular weight excluding hydrogens is 224 g/mol. The van der Waals surface area contributed by atoms with E-state index in [0.29, 0.717) is 11.5 Å². The molecule has 4 heteroatoms. The average Bonchev–Trinajstić information content (AvgIpc) is 2.27. The van der Waals surface area contributed by atoms with Crippen LogP contribution in [0.3, 0.4) is 0 Å². The number of methoxy groups -OCH3 is 1. The molecule has 0 atom stereocenters. The van der Waals surface area contributed by atoms with Gasteiger partial charge in [0, 0.05) is 7.11 Å². The highest BCUT2D eigenvalue weighted by Crippen LogP contribution is 2.13. The van der Waals surface area contributed by atoms with Gasteiger partial charge in [-0.1, -0.05) is 29.8 Å². The van der Waals surface area contributed by atoms with Gasteiger partial charge in [-0.05, 0) is 19.1 Å². The lowest BCUT2D eigenvalue weighted by Crippen LogP contribution is -2.08. The van der Waals surface area contributed by atoms with Crippen molar-refractivity contribution >= 4 is 9.84 Å². The van der Waals surface area contributed by atoms with E-state index in [9.17, 15) is 8.42 Å². The minimum atomic E-state index is -3.21. The van der Waals surface area contributed by atoms with Crippen LogP contribution in [-0.4, -0.2) is 27.9 Å². The summed E-state index contributed by atoms with van der Waals surface area (Å²) in [4.78, 5) is 0.361. The third kappa shape index (κ3) is 3.79. The second kappa shape index (κ2) is 5.82. The van der Waals surface area contributed by atoms with Gasteiger partial charge < -0.3 is 4.74 Å². The molecule has 1 rings (SSSR count). The molecule has 0 aromatic heterocycles. The van der Waals surface area contributed by atoms with Crippen molar-refractivity contribution in [2.75, 3.05) is 19.5 Å². The first-order valence-corrected chi connectivity index (χ1v) is 6.64. The molecule has 1 aromatic rings. The molecule has 0 aliphatic heterocycles. The molecule has 0 unspecified atom stereocenters. The Morgan fingerprint density at radius 1 is 1.31 bits per heavy atom. The van der Waals surface area contributed by atoms with E-state index < -0.39 is 9.84 Å². The molecular formula is C12H16O3S. The minimum absolute atomic E-state index is 0.0420. The molecule has 88 valence electrons. The average molecular weight is 240 g/mol. The molecule has 0 spiro atoms. The topological polar surface area (TPSA) is 43.4 Å². The van der Waals surface area contributed by atoms with Crippen LogP contribution in [0.2, 0.25) is 0 Å². The largest absolute Gasteiger partial charge is 0.381 e. The summed E-state index contributed by atoms with van der Waals surface area (Å²) in [5.41, 5.74) is 0.797. The van der Waals surface area contributed by atoms with Crippen molar-refractivity contribution in [3.63, 3.8) is 0 Å². The highest BCUT2D eigenvalue weighted by atomic mass is 32.2. The lowest BCUT2D eigenvalue weighted by molar-refractivity contribution is 0.233. The van der Waals surface area contributed by atoms with Crippen molar-refractivity contribution in [2.24, 2.45) is 0 Å². The fourth-order valence-corrected chi connectivity index (χ4v) is 2.75. The monoisotopic (exact) mass is 240 g/mol. The van der Waals surface area contributed by atoms with Gasteiger partial charge in [0.1, 0.15) is 0 Å². The summed E-state index contributed by atoms with van der Waals surface area (Å²) in [7, 11) is -1.63. The smallest absolute Gasteiger partial charge is 0.182 e. The third-order valence-electron chi connectivity index (χ3n) is 2.12. The number of benzene rings is 1. The van der Waals surface area contributed by atoms with Crippen LogP contribution in [0.5, 0.6) is 0 Å². The van der Waals surface area contributed by atoms with E-state index in [1.165, 1.54) is 0 Å². The van der Waals surface area contributed by atoms with Crippen molar-refractivity contribution < 1.29 is 13.2 Å². The molecule has 0 N–H and O–H groups in total. The summed E-state index contributed by atoms with van der Waals surface area (Å²) < 4.78 is 28.7. The predicted octanol–water partition coefficient (Wildman–Crippen LogP) is 2.05. The molecule has 0 fully saturated rings. The van der Waals surface area contributed by atoms with Crippen LogP contribution in [0.15, 0.2) is 46.9 Å². The standard InChI is InChI=1S/C12H16O3S/c1-11(8-9-15-2)10-16(13,14)12-6-4-3-5-7-12/h3-8H,9-10H2,1-2H3. The minimum Gasteiger partial charge on any atom is -0.381 e. The van der Waals surface area contributed by atoms with Gasteiger partial charge in [-0.25, -0.2) is 8.42 Å². The second-order valence-electron chi connectivity index (χ2n) is 3.58. The van der Waals surface area contributed by atoms with E-state index in [1.54, 1.807) is 50.4 Å². The van der Waals surface area contributed by atoms with Gasteiger partial charge in [0.2, 0.25) is 0 Å². The molecule has 0 heterocycles. The van der Waals surface area contributed by atoms with Crippen molar-refractivity contribution in [3.05, 3.63) is 42.0 Å². The number of hydrogen-bond donors (Lipinski definition) is 0. The first kappa shape index (κ1) is 12.9. The van der Waals surface area contributed by atoms with Gasteiger partial charge in [0.25, 0.3) is 0 Å². The Morgan fingerprint density at radius 3 is 2.50 bits per heavy atom. The summed E-state index contributed by atoms with van der Waals surface area (Å²) in [5, 5.41) is 0. The van der Waals surface area contributed by atoms with Gasteiger partial charge in [0.05, 0.1) is 17.3 Å². The Balaban J connectivity index is 2.81. The normalized spacial score (nSPS) is 12.8. The molecule has 0 saturated heterocycles. The molecule has 0 saturated carbocycles. The number of rotatable bonds is 5. The first-order chi connectivity index (χ1) is 7.56. The summed E-state index contributed by atoms with van der Waals surface area (Å²) in [5.74, 6) is 0.0420. The van der Waals surface area contributed by atoms with Gasteiger partial charge in [-0.2, -0.15) is 0 Å². The van der Waals surface area contributed by atoms with E-state index in [-0.39, 0.29) is 5.75 Å². The summed E-state index contributed by atoms with van der Waals surface area (Å²) in [6, 6.07) is 8.46. The van der Waals surface area contributed by atoms with Gasteiger partial charge >= 0.3 is 0 Å². The Kier molecular flexibility index (Phi) is 4.71.